The second-order valence-electron chi connectivity index (χ2n) is 9.55. The molecule has 4 aliphatic rings. The minimum Gasteiger partial charge on any atom is -0.324 e. The SMILES string of the molecule is CCc1cccc2c1NC(=O)[C@@]21[C@@H]2C(=O)N(c3cccc(C)c3C)C(=O)[C@@H]2[C@@H]2CCCN21. The molecule has 0 radical (unpaired) electrons. The van der Waals surface area contributed by atoms with Crippen molar-refractivity contribution in [3.63, 3.8) is 0 Å². The summed E-state index contributed by atoms with van der Waals surface area (Å²) in [5.41, 5.74) is 4.27. The largest absolute Gasteiger partial charge is 0.324 e. The highest BCUT2D eigenvalue weighted by molar-refractivity contribution is 6.26. The highest BCUT2D eigenvalue weighted by Crippen LogP contribution is 2.61. The third-order valence-corrected chi connectivity index (χ3v) is 8.31. The Balaban J connectivity index is 1.57. The van der Waals surface area contributed by atoms with Crippen molar-refractivity contribution in [2.24, 2.45) is 11.8 Å². The van der Waals surface area contributed by atoms with Crippen LogP contribution in [0, 0.1) is 25.7 Å². The number of nitrogens with one attached hydrogen (secondary N) is 1. The molecule has 4 aliphatic heterocycles. The molecule has 164 valence electrons. The van der Waals surface area contributed by atoms with Gasteiger partial charge in [0, 0.05) is 17.3 Å². The van der Waals surface area contributed by atoms with Crippen molar-refractivity contribution < 1.29 is 14.4 Å². The molecule has 3 fully saturated rings. The summed E-state index contributed by atoms with van der Waals surface area (Å²) in [6, 6.07) is 11.6. The van der Waals surface area contributed by atoms with E-state index >= 15 is 0 Å². The van der Waals surface area contributed by atoms with Crippen molar-refractivity contribution in [1.82, 2.24) is 4.90 Å². The molecule has 6 rings (SSSR count). The molecule has 2 aromatic carbocycles. The van der Waals surface area contributed by atoms with Gasteiger partial charge in [0.1, 0.15) is 5.54 Å². The second kappa shape index (κ2) is 6.51. The Morgan fingerprint density at radius 2 is 1.84 bits per heavy atom. The van der Waals surface area contributed by atoms with Crippen LogP contribution in [0.2, 0.25) is 0 Å². The number of hydrogen-bond donors (Lipinski definition) is 1. The molecule has 1 spiro atoms. The lowest BCUT2D eigenvalue weighted by atomic mass is 9.75. The Bertz CT molecular complexity index is 1200. The minimum absolute atomic E-state index is 0.0893. The number of amides is 3. The van der Waals surface area contributed by atoms with Crippen LogP contribution in [0.25, 0.3) is 0 Å². The van der Waals surface area contributed by atoms with E-state index in [2.05, 4.69) is 17.1 Å². The van der Waals surface area contributed by atoms with Gasteiger partial charge in [-0.15, -0.1) is 0 Å². The molecule has 0 aliphatic carbocycles. The fourth-order valence-corrected chi connectivity index (χ4v) is 6.80. The number of aryl methyl sites for hydroxylation is 2. The number of rotatable bonds is 2. The first-order valence-corrected chi connectivity index (χ1v) is 11.6. The Labute approximate surface area is 187 Å². The van der Waals surface area contributed by atoms with Gasteiger partial charge in [0.25, 0.3) is 0 Å². The molecule has 0 aromatic heterocycles. The van der Waals surface area contributed by atoms with Crippen LogP contribution < -0.4 is 10.2 Å². The smallest absolute Gasteiger partial charge is 0.250 e. The summed E-state index contributed by atoms with van der Waals surface area (Å²) >= 11 is 0. The number of para-hydroxylation sites is 1. The molecule has 6 nitrogen and oxygen atoms in total. The van der Waals surface area contributed by atoms with E-state index in [9.17, 15) is 14.4 Å². The third kappa shape index (κ3) is 2.11. The number of carbonyl (C=O) groups is 3. The van der Waals surface area contributed by atoms with Crippen molar-refractivity contribution in [3.05, 3.63) is 58.7 Å². The Kier molecular flexibility index (Phi) is 4.01. The van der Waals surface area contributed by atoms with Gasteiger partial charge in [-0.05, 0) is 62.4 Å². The van der Waals surface area contributed by atoms with Crippen LogP contribution in [0.5, 0.6) is 0 Å². The number of imide groups is 1. The molecule has 1 N–H and O–H groups in total. The van der Waals surface area contributed by atoms with E-state index in [1.165, 1.54) is 4.90 Å². The average Bonchev–Trinajstić information content (AvgIpc) is 3.49. The Hall–Kier alpha value is -2.99. The lowest BCUT2D eigenvalue weighted by Gasteiger charge is -2.36. The topological polar surface area (TPSA) is 69.7 Å². The van der Waals surface area contributed by atoms with Crippen LogP contribution in [0.1, 0.15) is 42.0 Å². The lowest BCUT2D eigenvalue weighted by Crippen LogP contribution is -2.54. The summed E-state index contributed by atoms with van der Waals surface area (Å²) in [6.07, 6.45) is 2.55. The first kappa shape index (κ1) is 19.7. The molecule has 0 saturated carbocycles. The Morgan fingerprint density at radius 1 is 1.06 bits per heavy atom. The van der Waals surface area contributed by atoms with Gasteiger partial charge in [0.05, 0.1) is 17.5 Å². The van der Waals surface area contributed by atoms with E-state index in [0.717, 1.165) is 53.7 Å². The quantitative estimate of drug-likeness (QED) is 0.744. The van der Waals surface area contributed by atoms with E-state index in [4.69, 9.17) is 0 Å². The number of nitrogens with zero attached hydrogens (tertiary/aromatic N) is 2. The molecule has 32 heavy (non-hydrogen) atoms. The third-order valence-electron chi connectivity index (χ3n) is 8.31. The van der Waals surface area contributed by atoms with Gasteiger partial charge in [-0.1, -0.05) is 37.3 Å². The molecule has 4 heterocycles. The van der Waals surface area contributed by atoms with E-state index in [1.807, 2.05) is 50.2 Å². The van der Waals surface area contributed by atoms with E-state index in [0.29, 0.717) is 5.69 Å². The van der Waals surface area contributed by atoms with Gasteiger partial charge in [-0.25, -0.2) is 4.90 Å². The first-order chi connectivity index (χ1) is 15.4. The predicted molar refractivity (Wildman–Crippen MR) is 121 cm³/mol. The zero-order valence-electron chi connectivity index (χ0n) is 18.6. The minimum atomic E-state index is -1.11. The van der Waals surface area contributed by atoms with Crippen molar-refractivity contribution in [3.8, 4) is 0 Å². The number of benzene rings is 2. The van der Waals surface area contributed by atoms with E-state index in [-0.39, 0.29) is 23.8 Å². The van der Waals surface area contributed by atoms with Gasteiger partial charge in [-0.2, -0.15) is 0 Å². The molecule has 2 aromatic rings. The number of hydrogen-bond acceptors (Lipinski definition) is 4. The zero-order valence-corrected chi connectivity index (χ0v) is 18.6. The maximum absolute atomic E-state index is 14.1. The first-order valence-electron chi connectivity index (χ1n) is 11.6. The van der Waals surface area contributed by atoms with Gasteiger partial charge < -0.3 is 5.32 Å². The molecule has 0 bridgehead atoms. The molecule has 0 unspecified atom stereocenters. The average molecular weight is 430 g/mol. The highest BCUT2D eigenvalue weighted by Gasteiger charge is 2.74. The number of carbonyl (C=O) groups excluding carboxylic acids is 3. The molecule has 6 heteroatoms. The fourth-order valence-electron chi connectivity index (χ4n) is 6.80. The number of anilines is 2. The molecule has 3 amide bonds. The summed E-state index contributed by atoms with van der Waals surface area (Å²) in [7, 11) is 0. The standard InChI is InChI=1S/C26H27N3O3/c1-4-16-9-6-10-17-22(16)27-25(32)26(17)21-20(19-12-7-13-28(19)26)23(30)29(24(21)31)18-11-5-8-14(2)15(18)3/h5-6,8-11,19-21H,4,7,12-13H2,1-3H3,(H,27,32)/t19-,20+,21-,26-/m0/s1. The maximum Gasteiger partial charge on any atom is 0.250 e. The van der Waals surface area contributed by atoms with E-state index < -0.39 is 17.4 Å². The van der Waals surface area contributed by atoms with Crippen LogP contribution >= 0.6 is 0 Å². The zero-order chi connectivity index (χ0) is 22.4. The van der Waals surface area contributed by atoms with Gasteiger partial charge in [-0.3, -0.25) is 19.3 Å². The van der Waals surface area contributed by atoms with Crippen molar-refractivity contribution in [2.45, 2.75) is 51.6 Å². The summed E-state index contributed by atoms with van der Waals surface area (Å²) in [5.74, 6) is -1.75. The predicted octanol–water partition coefficient (Wildman–Crippen LogP) is 3.30. The van der Waals surface area contributed by atoms with Gasteiger partial charge in [0.2, 0.25) is 17.7 Å². The van der Waals surface area contributed by atoms with Crippen molar-refractivity contribution in [2.75, 3.05) is 16.8 Å². The lowest BCUT2D eigenvalue weighted by molar-refractivity contribution is -0.135. The van der Waals surface area contributed by atoms with Crippen LogP contribution in [0.3, 0.4) is 0 Å². The van der Waals surface area contributed by atoms with Crippen molar-refractivity contribution in [1.29, 1.82) is 0 Å². The number of fused-ring (bicyclic) bond motifs is 7. The van der Waals surface area contributed by atoms with Crippen molar-refractivity contribution >= 4 is 29.1 Å². The monoisotopic (exact) mass is 429 g/mol. The maximum atomic E-state index is 14.1. The van der Waals surface area contributed by atoms with Crippen LogP contribution in [-0.2, 0) is 26.3 Å². The molecular weight excluding hydrogens is 402 g/mol. The van der Waals surface area contributed by atoms with Crippen LogP contribution in [0.4, 0.5) is 11.4 Å². The van der Waals surface area contributed by atoms with Gasteiger partial charge >= 0.3 is 0 Å². The van der Waals surface area contributed by atoms with Crippen LogP contribution in [-0.4, -0.2) is 35.2 Å². The normalized spacial score (nSPS) is 30.8. The summed E-state index contributed by atoms with van der Waals surface area (Å²) in [5, 5.41) is 3.12. The van der Waals surface area contributed by atoms with Crippen LogP contribution in [0.15, 0.2) is 36.4 Å². The van der Waals surface area contributed by atoms with Gasteiger partial charge in [0.15, 0.2) is 0 Å². The Morgan fingerprint density at radius 3 is 2.62 bits per heavy atom. The summed E-state index contributed by atoms with van der Waals surface area (Å²) in [4.78, 5) is 45.2. The van der Waals surface area contributed by atoms with E-state index in [1.54, 1.807) is 0 Å². The fraction of sp³-hybridized carbons (Fsp3) is 0.423. The molecule has 4 atom stereocenters. The highest BCUT2D eigenvalue weighted by atomic mass is 16.2. The molecular formula is C26H27N3O3. The molecule has 3 saturated heterocycles. The summed E-state index contributed by atoms with van der Waals surface area (Å²) in [6.45, 7) is 6.72. The second-order valence-corrected chi connectivity index (χ2v) is 9.55. The summed E-state index contributed by atoms with van der Waals surface area (Å²) < 4.78 is 0.